The first-order valence-corrected chi connectivity index (χ1v) is 21.2. The molecule has 0 unspecified atom stereocenters. The third kappa shape index (κ3) is 7.59. The fraction of sp³-hybridized carbons (Fsp3) is 0.708. The maximum Gasteiger partial charge on any atom is 0.132 e. The molecule has 0 aromatic heterocycles. The molecule has 282 valence electrons. The van der Waals surface area contributed by atoms with E-state index in [0.29, 0.717) is 16.6 Å². The molecule has 3 nitrogen and oxygen atoms in total. The number of allylic oxidation sites excluding steroid dienone is 1. The highest BCUT2D eigenvalue weighted by Crippen LogP contribution is 2.67. The minimum absolute atomic E-state index is 0.0766. The van der Waals surface area contributed by atoms with Crippen LogP contribution in [-0.4, -0.2) is 16.3 Å². The molecule has 0 spiro atoms. The van der Waals surface area contributed by atoms with Crippen molar-refractivity contribution in [3.63, 3.8) is 0 Å². The molecule has 3 fully saturated rings. The number of aromatic hydroxyl groups is 1. The molecule has 3 saturated carbocycles. The van der Waals surface area contributed by atoms with E-state index in [1.165, 1.54) is 76.2 Å². The molecule has 8 atom stereocenters. The summed E-state index contributed by atoms with van der Waals surface area (Å²) in [7, 11) is 0. The zero-order valence-electron chi connectivity index (χ0n) is 33.9. The van der Waals surface area contributed by atoms with E-state index in [1.54, 1.807) is 5.57 Å². The van der Waals surface area contributed by atoms with Crippen LogP contribution in [0.2, 0.25) is 0 Å². The summed E-state index contributed by atoms with van der Waals surface area (Å²) in [6.07, 6.45) is 21.7. The Morgan fingerprint density at radius 2 is 1.67 bits per heavy atom. The van der Waals surface area contributed by atoms with Gasteiger partial charge in [-0.05, 0) is 155 Å². The monoisotopic (exact) mass is 697 g/mol. The first kappa shape index (κ1) is 38.5. The Morgan fingerprint density at radius 1 is 0.882 bits per heavy atom. The molecule has 7 rings (SSSR count). The first-order chi connectivity index (χ1) is 24.2. The maximum atomic E-state index is 10.6. The van der Waals surface area contributed by atoms with E-state index in [-0.39, 0.29) is 11.7 Å². The molecule has 2 aromatic carbocycles. The third-order valence-corrected chi connectivity index (χ3v) is 14.9. The quantitative estimate of drug-likeness (QED) is 0.203. The van der Waals surface area contributed by atoms with Gasteiger partial charge in [-0.3, -0.25) is 0 Å². The van der Waals surface area contributed by atoms with Gasteiger partial charge in [0, 0.05) is 5.56 Å². The largest absolute Gasteiger partial charge is 0.507 e. The molecular weight excluding hydrogens is 625 g/mol. The average Bonchev–Trinajstić information content (AvgIpc) is 3.42. The fourth-order valence-corrected chi connectivity index (χ4v) is 12.1. The van der Waals surface area contributed by atoms with Gasteiger partial charge in [0.2, 0.25) is 0 Å². The van der Waals surface area contributed by atoms with Gasteiger partial charge in [0.1, 0.15) is 17.1 Å². The lowest BCUT2D eigenvalue weighted by Gasteiger charge is -2.58. The highest BCUT2D eigenvalue weighted by Gasteiger charge is 2.59. The van der Waals surface area contributed by atoms with Crippen LogP contribution >= 0.6 is 0 Å². The average molecular weight is 697 g/mol. The summed E-state index contributed by atoms with van der Waals surface area (Å²) in [5.74, 6) is 6.59. The minimum atomic E-state index is -0.384. The molecule has 4 aliphatic carbocycles. The van der Waals surface area contributed by atoms with Crippen molar-refractivity contribution in [2.45, 2.75) is 170 Å². The molecule has 51 heavy (non-hydrogen) atoms. The van der Waals surface area contributed by atoms with Crippen LogP contribution in [0.5, 0.6) is 11.5 Å². The molecule has 0 radical (unpaired) electrons. The van der Waals surface area contributed by atoms with Gasteiger partial charge in [-0.1, -0.05) is 109 Å². The van der Waals surface area contributed by atoms with E-state index in [9.17, 15) is 10.2 Å². The van der Waals surface area contributed by atoms with Gasteiger partial charge < -0.3 is 14.9 Å². The molecule has 1 heterocycles. The van der Waals surface area contributed by atoms with Gasteiger partial charge >= 0.3 is 0 Å². The first-order valence-electron chi connectivity index (χ1n) is 21.2. The lowest BCUT2D eigenvalue weighted by atomic mass is 9.47. The van der Waals surface area contributed by atoms with E-state index >= 15 is 0 Å². The van der Waals surface area contributed by atoms with Crippen LogP contribution in [0.3, 0.4) is 0 Å². The van der Waals surface area contributed by atoms with Crippen molar-refractivity contribution in [1.82, 2.24) is 0 Å². The molecule has 0 bridgehead atoms. The van der Waals surface area contributed by atoms with Crippen molar-refractivity contribution in [2.75, 3.05) is 0 Å². The van der Waals surface area contributed by atoms with Crippen molar-refractivity contribution < 1.29 is 14.9 Å². The second kappa shape index (κ2) is 15.2. The lowest BCUT2D eigenvalue weighted by molar-refractivity contribution is -0.0573. The van der Waals surface area contributed by atoms with Crippen LogP contribution in [-0.2, 0) is 12.0 Å². The highest BCUT2D eigenvalue weighted by molar-refractivity contribution is 5.82. The second-order valence-electron chi connectivity index (χ2n) is 19.3. The lowest BCUT2D eigenvalue weighted by Crippen LogP contribution is -2.50. The van der Waals surface area contributed by atoms with Crippen LogP contribution < -0.4 is 4.74 Å². The van der Waals surface area contributed by atoms with E-state index in [2.05, 4.69) is 92.7 Å². The molecule has 5 aliphatic rings. The van der Waals surface area contributed by atoms with Gasteiger partial charge in [-0.25, -0.2) is 0 Å². The summed E-state index contributed by atoms with van der Waals surface area (Å²) in [4.78, 5) is 0. The Morgan fingerprint density at radius 3 is 2.41 bits per heavy atom. The highest BCUT2D eigenvalue weighted by atomic mass is 16.5. The van der Waals surface area contributed by atoms with Crippen LogP contribution in [0, 0.1) is 53.3 Å². The number of phenols is 1. The van der Waals surface area contributed by atoms with Gasteiger partial charge in [-0.15, -0.1) is 0 Å². The number of benzene rings is 2. The number of fused-ring (bicyclic) bond motifs is 8. The van der Waals surface area contributed by atoms with Crippen molar-refractivity contribution in [2.24, 2.45) is 46.3 Å². The fourth-order valence-electron chi connectivity index (χ4n) is 12.1. The molecule has 2 N–H and O–H groups in total. The predicted molar refractivity (Wildman–Crippen MR) is 214 cm³/mol. The smallest absolute Gasteiger partial charge is 0.132 e. The molecular formula is C48H72O3. The Balaban J connectivity index is 0.000000179. The third-order valence-electron chi connectivity index (χ3n) is 14.9. The van der Waals surface area contributed by atoms with Gasteiger partial charge in [0.25, 0.3) is 0 Å². The zero-order chi connectivity index (χ0) is 36.7. The number of hydrogen-bond acceptors (Lipinski definition) is 3. The predicted octanol–water partition coefficient (Wildman–Crippen LogP) is 13.1. The molecule has 1 aliphatic heterocycles. The number of aryl methyl sites for hydroxylation is 2. The molecule has 0 amide bonds. The number of hydrogen-bond donors (Lipinski definition) is 2. The standard InChI is InChI=1S/C27H46O.C21H26O2/c1-18(2)7-6-8-19(3)23-11-12-24-22-10-9-20-17-21(28)13-15-26(20,4)25(22)14-16-27(23,24)5;1-5-6-7-8-15-12-18(22)20-16-11-14(2)9-10-17(16)21(3,4)23-19(20)13-15/h9,18-19,21-25,28H,6-8,10-17H2,1-5H3;9-13,22H,5-8H2,1-4H3/t19-,21+,22+,23-,24+,25+,26+,27-;/m1./s1. The van der Waals surface area contributed by atoms with Gasteiger partial charge in [0.15, 0.2) is 0 Å². The van der Waals surface area contributed by atoms with Crippen molar-refractivity contribution in [3.8, 4) is 22.6 Å². The zero-order valence-corrected chi connectivity index (χ0v) is 33.9. The summed E-state index contributed by atoms with van der Waals surface area (Å²) < 4.78 is 6.25. The SMILES string of the molecule is CC(C)CCC[C@@H](C)[C@H]1CC[C@H]2[C@@H]3CC=C4C[C@@H](O)CC[C@]4(C)[C@H]3CC[C@]12C.CCCCCc1cc(O)c2c(c1)OC(C)(C)c1ccc(C)cc1-2. The van der Waals surface area contributed by atoms with Gasteiger partial charge in [0.05, 0.1) is 11.7 Å². The Kier molecular flexibility index (Phi) is 11.5. The second-order valence-corrected chi connectivity index (χ2v) is 19.3. The van der Waals surface area contributed by atoms with Crippen LogP contribution in [0.15, 0.2) is 42.0 Å². The number of phenolic OH excluding ortho intramolecular Hbond substituents is 1. The molecule has 3 heteroatoms. The Hall–Kier alpha value is -2.26. The van der Waals surface area contributed by atoms with E-state index < -0.39 is 0 Å². The number of ether oxygens (including phenoxy) is 1. The van der Waals surface area contributed by atoms with Crippen molar-refractivity contribution >= 4 is 0 Å². The topological polar surface area (TPSA) is 49.7 Å². The van der Waals surface area contributed by atoms with Crippen LogP contribution in [0.1, 0.15) is 162 Å². The van der Waals surface area contributed by atoms with E-state index in [1.807, 2.05) is 6.07 Å². The number of unbranched alkanes of at least 4 members (excludes halogenated alkanes) is 2. The number of aliphatic hydroxyl groups is 1. The minimum Gasteiger partial charge on any atom is -0.507 e. The van der Waals surface area contributed by atoms with Crippen molar-refractivity contribution in [1.29, 1.82) is 0 Å². The van der Waals surface area contributed by atoms with E-state index in [0.717, 1.165) is 89.2 Å². The molecule has 0 saturated heterocycles. The summed E-state index contributed by atoms with van der Waals surface area (Å²) in [6.45, 7) is 21.0. The summed E-state index contributed by atoms with van der Waals surface area (Å²) in [5, 5.41) is 20.8. The van der Waals surface area contributed by atoms with Crippen LogP contribution in [0.25, 0.3) is 11.1 Å². The Bertz CT molecular complexity index is 1550. The normalized spacial score (nSPS) is 32.2. The summed E-state index contributed by atoms with van der Waals surface area (Å²) in [5.41, 5.74) is 7.62. The summed E-state index contributed by atoms with van der Waals surface area (Å²) in [6, 6.07) is 10.4. The van der Waals surface area contributed by atoms with Crippen molar-refractivity contribution in [3.05, 3.63) is 58.7 Å². The van der Waals surface area contributed by atoms with Gasteiger partial charge in [-0.2, -0.15) is 0 Å². The number of rotatable bonds is 9. The maximum absolute atomic E-state index is 10.6. The number of aliphatic hydroxyl groups excluding tert-OH is 1. The van der Waals surface area contributed by atoms with Crippen LogP contribution in [0.4, 0.5) is 0 Å². The Labute approximate surface area is 312 Å². The summed E-state index contributed by atoms with van der Waals surface area (Å²) >= 11 is 0. The molecule has 2 aromatic rings. The van der Waals surface area contributed by atoms with E-state index in [4.69, 9.17) is 4.74 Å².